The summed E-state index contributed by atoms with van der Waals surface area (Å²) in [6, 6.07) is 8.06. The van der Waals surface area contributed by atoms with Crippen LogP contribution in [0.3, 0.4) is 0 Å². The molecule has 2 rings (SSSR count). The van der Waals surface area contributed by atoms with E-state index < -0.39 is 22.0 Å². The number of aromatic nitrogens is 1. The largest absolute Gasteiger partial charge is 0.480 e. The fourth-order valence-electron chi connectivity index (χ4n) is 1.67. The molecule has 0 saturated heterocycles. The minimum absolute atomic E-state index is 0.112. The van der Waals surface area contributed by atoms with E-state index in [9.17, 15) is 18.3 Å². The van der Waals surface area contributed by atoms with Gasteiger partial charge in [-0.15, -0.1) is 0 Å². The number of hydrogen-bond donors (Lipinski definition) is 2. The zero-order valence-corrected chi connectivity index (χ0v) is 13.0. The molecule has 0 unspecified atom stereocenters. The van der Waals surface area contributed by atoms with Crippen LogP contribution in [0.2, 0.25) is 0 Å². The Hall–Kier alpha value is -1.77. The first-order valence-electron chi connectivity index (χ1n) is 5.81. The minimum atomic E-state index is -4.00. The van der Waals surface area contributed by atoms with Gasteiger partial charge in [-0.2, -0.15) is 4.72 Å². The van der Waals surface area contributed by atoms with Gasteiger partial charge in [-0.05, 0) is 27.6 Å². The lowest BCUT2D eigenvalue weighted by atomic mass is 10.1. The number of sulfonamides is 1. The molecule has 0 amide bonds. The lowest BCUT2D eigenvalue weighted by molar-refractivity contribution is -0.139. The van der Waals surface area contributed by atoms with Crippen molar-refractivity contribution in [2.24, 2.45) is 0 Å². The van der Waals surface area contributed by atoms with Crippen molar-refractivity contribution < 1.29 is 18.3 Å². The molecule has 110 valence electrons. The number of benzene rings is 1. The Balaban J connectivity index is 2.35. The van der Waals surface area contributed by atoms with E-state index in [1.165, 1.54) is 12.3 Å². The molecule has 2 N–H and O–H groups in total. The molecule has 0 aliphatic rings. The van der Waals surface area contributed by atoms with Crippen molar-refractivity contribution in [3.05, 3.63) is 58.8 Å². The summed E-state index contributed by atoms with van der Waals surface area (Å²) >= 11 is 3.12. The molecule has 0 saturated carbocycles. The second-order valence-electron chi connectivity index (χ2n) is 4.14. The lowest BCUT2D eigenvalue weighted by Crippen LogP contribution is -2.33. The maximum atomic E-state index is 12.2. The van der Waals surface area contributed by atoms with Crippen LogP contribution >= 0.6 is 15.9 Å². The van der Waals surface area contributed by atoms with Gasteiger partial charge < -0.3 is 5.11 Å². The van der Waals surface area contributed by atoms with Gasteiger partial charge in [0.25, 0.3) is 0 Å². The van der Waals surface area contributed by atoms with Crippen molar-refractivity contribution in [3.8, 4) is 0 Å². The number of nitrogens with zero attached hydrogens (tertiary/aromatic N) is 1. The molecule has 1 heterocycles. The van der Waals surface area contributed by atoms with E-state index in [0.717, 1.165) is 6.20 Å². The highest BCUT2D eigenvalue weighted by Gasteiger charge is 2.27. The van der Waals surface area contributed by atoms with Crippen molar-refractivity contribution in [2.75, 3.05) is 0 Å². The topological polar surface area (TPSA) is 96.4 Å². The highest BCUT2D eigenvalue weighted by Crippen LogP contribution is 2.19. The maximum absolute atomic E-state index is 12.2. The highest BCUT2D eigenvalue weighted by molar-refractivity contribution is 9.10. The highest BCUT2D eigenvalue weighted by atomic mass is 79.9. The molecular formula is C13H11BrN2O4S. The molecule has 0 aliphatic carbocycles. The Morgan fingerprint density at radius 1 is 1.24 bits per heavy atom. The average Bonchev–Trinajstić information content (AvgIpc) is 2.45. The van der Waals surface area contributed by atoms with Crippen molar-refractivity contribution >= 4 is 31.9 Å². The number of carboxylic acids is 1. The van der Waals surface area contributed by atoms with E-state index >= 15 is 0 Å². The molecule has 0 spiro atoms. The molecule has 1 aromatic heterocycles. The monoisotopic (exact) mass is 370 g/mol. The molecule has 1 atom stereocenters. The van der Waals surface area contributed by atoms with Gasteiger partial charge in [-0.1, -0.05) is 30.3 Å². The number of carboxylic acid groups (broad SMARTS) is 1. The standard InChI is InChI=1S/C13H11BrN2O4S/c14-10-6-11(8-15-7-10)21(19,20)16-12(13(17)18)9-4-2-1-3-5-9/h1-8,12,16H,(H,17,18)/t12-/m1/s1. The third-order valence-corrected chi connectivity index (χ3v) is 4.47. The molecule has 6 nitrogen and oxygen atoms in total. The summed E-state index contributed by atoms with van der Waals surface area (Å²) in [5.74, 6) is -1.28. The predicted molar refractivity (Wildman–Crippen MR) is 79.1 cm³/mol. The number of rotatable bonds is 5. The van der Waals surface area contributed by atoms with E-state index in [2.05, 4.69) is 25.6 Å². The van der Waals surface area contributed by atoms with Crippen LogP contribution in [0.25, 0.3) is 0 Å². The summed E-state index contributed by atoms with van der Waals surface area (Å²) in [4.78, 5) is 15.0. The number of pyridine rings is 1. The number of nitrogens with one attached hydrogen (secondary N) is 1. The fraction of sp³-hybridized carbons (Fsp3) is 0.0769. The predicted octanol–water partition coefficient (Wildman–Crippen LogP) is 1.95. The van der Waals surface area contributed by atoms with Crippen molar-refractivity contribution in [1.29, 1.82) is 0 Å². The SMILES string of the molecule is O=C(O)[C@H](NS(=O)(=O)c1cncc(Br)c1)c1ccccc1. The van der Waals surface area contributed by atoms with Crippen LogP contribution in [0.5, 0.6) is 0 Å². The number of hydrogen-bond acceptors (Lipinski definition) is 4. The molecule has 0 radical (unpaired) electrons. The smallest absolute Gasteiger partial charge is 0.326 e. The molecule has 0 aliphatic heterocycles. The van der Waals surface area contributed by atoms with Gasteiger partial charge in [0.1, 0.15) is 10.9 Å². The number of carbonyl (C=O) groups is 1. The first-order valence-corrected chi connectivity index (χ1v) is 8.08. The van der Waals surface area contributed by atoms with E-state index in [-0.39, 0.29) is 4.90 Å². The van der Waals surface area contributed by atoms with Crippen molar-refractivity contribution in [2.45, 2.75) is 10.9 Å². The molecule has 2 aromatic rings. The van der Waals surface area contributed by atoms with Gasteiger partial charge in [0, 0.05) is 16.9 Å². The molecule has 1 aromatic carbocycles. The van der Waals surface area contributed by atoms with Gasteiger partial charge in [-0.25, -0.2) is 8.42 Å². The van der Waals surface area contributed by atoms with Crippen LogP contribution in [0.1, 0.15) is 11.6 Å². The Morgan fingerprint density at radius 2 is 1.90 bits per heavy atom. The molecule has 21 heavy (non-hydrogen) atoms. The summed E-state index contributed by atoms with van der Waals surface area (Å²) in [7, 11) is -4.00. The second kappa shape index (κ2) is 6.33. The quantitative estimate of drug-likeness (QED) is 0.838. The summed E-state index contributed by atoms with van der Waals surface area (Å²) in [6.45, 7) is 0. The van der Waals surface area contributed by atoms with Gasteiger partial charge in [0.2, 0.25) is 10.0 Å². The van der Waals surface area contributed by atoms with Crippen LogP contribution in [0.4, 0.5) is 0 Å². The average molecular weight is 371 g/mol. The minimum Gasteiger partial charge on any atom is -0.480 e. The van der Waals surface area contributed by atoms with Gasteiger partial charge in [-0.3, -0.25) is 9.78 Å². The van der Waals surface area contributed by atoms with Crippen LogP contribution in [-0.2, 0) is 14.8 Å². The molecule has 0 fully saturated rings. The first-order chi connectivity index (χ1) is 9.90. The number of halogens is 1. The molecule has 8 heteroatoms. The summed E-state index contributed by atoms with van der Waals surface area (Å²) in [6.07, 6.45) is 2.59. The van der Waals surface area contributed by atoms with Crippen LogP contribution in [0.15, 0.2) is 58.2 Å². The number of aliphatic carboxylic acids is 1. The third kappa shape index (κ3) is 3.87. The Bertz CT molecular complexity index is 750. The molecule has 0 bridgehead atoms. The lowest BCUT2D eigenvalue weighted by Gasteiger charge is -2.15. The summed E-state index contributed by atoms with van der Waals surface area (Å²) in [5.41, 5.74) is 0.344. The zero-order valence-electron chi connectivity index (χ0n) is 10.6. The van der Waals surface area contributed by atoms with Gasteiger partial charge in [0.15, 0.2) is 0 Å². The van der Waals surface area contributed by atoms with E-state index in [4.69, 9.17) is 0 Å². The molecular weight excluding hydrogens is 360 g/mol. The van der Waals surface area contributed by atoms with E-state index in [0.29, 0.717) is 10.0 Å². The third-order valence-electron chi connectivity index (χ3n) is 2.64. The summed E-state index contributed by atoms with van der Waals surface area (Å²) in [5, 5.41) is 9.24. The van der Waals surface area contributed by atoms with Crippen LogP contribution in [-0.4, -0.2) is 24.5 Å². The van der Waals surface area contributed by atoms with E-state index in [1.807, 2.05) is 0 Å². The van der Waals surface area contributed by atoms with E-state index in [1.54, 1.807) is 30.3 Å². The van der Waals surface area contributed by atoms with Crippen molar-refractivity contribution in [3.63, 3.8) is 0 Å². The van der Waals surface area contributed by atoms with Gasteiger partial charge in [0.05, 0.1) is 0 Å². The Kier molecular flexibility index (Phi) is 4.71. The zero-order chi connectivity index (χ0) is 15.5. The summed E-state index contributed by atoms with van der Waals surface area (Å²) < 4.78 is 27.1. The second-order valence-corrected chi connectivity index (χ2v) is 6.77. The van der Waals surface area contributed by atoms with Gasteiger partial charge >= 0.3 is 5.97 Å². The maximum Gasteiger partial charge on any atom is 0.326 e. The normalized spacial score (nSPS) is 12.8. The van der Waals surface area contributed by atoms with Crippen LogP contribution in [0, 0.1) is 0 Å². The fourth-order valence-corrected chi connectivity index (χ4v) is 3.35. The van der Waals surface area contributed by atoms with Crippen molar-refractivity contribution in [1.82, 2.24) is 9.71 Å². The Morgan fingerprint density at radius 3 is 2.48 bits per heavy atom. The first kappa shape index (κ1) is 15.6. The Labute approximate surface area is 130 Å². The van der Waals surface area contributed by atoms with Crippen LogP contribution < -0.4 is 4.72 Å².